The van der Waals surface area contributed by atoms with Crippen LogP contribution in [0.15, 0.2) is 41.3 Å². The monoisotopic (exact) mass is 454 g/mol. The van der Waals surface area contributed by atoms with E-state index in [1.807, 2.05) is 5.32 Å². The van der Waals surface area contributed by atoms with Crippen LogP contribution in [0.5, 0.6) is 0 Å². The third-order valence-electron chi connectivity index (χ3n) is 4.78. The Morgan fingerprint density at radius 1 is 1.00 bits per heavy atom. The van der Waals surface area contributed by atoms with Crippen molar-refractivity contribution in [1.29, 1.82) is 0 Å². The van der Waals surface area contributed by atoms with E-state index in [4.69, 9.17) is 5.11 Å². The van der Waals surface area contributed by atoms with Gasteiger partial charge in [0.1, 0.15) is 24.4 Å². The van der Waals surface area contributed by atoms with E-state index in [-0.39, 0.29) is 10.3 Å². The Kier molecular flexibility index (Phi) is 7.73. The Labute approximate surface area is 179 Å². The third kappa shape index (κ3) is 5.02. The smallest absolute Gasteiger partial charge is 0.276 e. The zero-order valence-electron chi connectivity index (χ0n) is 17.3. The number of fused-ring (bicyclic) bond motifs is 1. The fourth-order valence-corrected chi connectivity index (χ4v) is 4.67. The summed E-state index contributed by atoms with van der Waals surface area (Å²) in [5, 5.41) is 40.1. The molecular formula is C20H26N2O8S. The Bertz CT molecular complexity index is 1070. The third-order valence-corrected chi connectivity index (χ3v) is 6.50. The van der Waals surface area contributed by atoms with Gasteiger partial charge in [0.15, 0.2) is 0 Å². The molecule has 0 aliphatic rings. The first-order chi connectivity index (χ1) is 14.4. The van der Waals surface area contributed by atoms with Crippen LogP contribution in [0.3, 0.4) is 0 Å². The molecule has 0 aromatic heterocycles. The molecule has 2 aromatic rings. The van der Waals surface area contributed by atoms with Crippen LogP contribution >= 0.6 is 0 Å². The number of anilines is 1. The standard InChI is InChI=1S/C20H26N2O8S/c1-11(24)21-17(19(27)18(26)15(25)10-23)20(28)31(29,30)16-9-5-6-12-13(16)7-4-8-14(12)22(2)3/h4-9,15,17-19,23,25-27H,10H2,1-3H3,(H,21,24)/t15-,17-,18-,19-/m1/s1. The lowest BCUT2D eigenvalue weighted by molar-refractivity contribution is -0.131. The van der Waals surface area contributed by atoms with Crippen LogP contribution in [0.4, 0.5) is 5.69 Å². The molecule has 31 heavy (non-hydrogen) atoms. The molecule has 2 rings (SSSR count). The number of benzene rings is 2. The molecule has 0 aliphatic carbocycles. The molecule has 0 heterocycles. The van der Waals surface area contributed by atoms with E-state index >= 15 is 0 Å². The highest BCUT2D eigenvalue weighted by Gasteiger charge is 2.42. The first-order valence-corrected chi connectivity index (χ1v) is 10.8. The van der Waals surface area contributed by atoms with Gasteiger partial charge in [-0.25, -0.2) is 8.42 Å². The first kappa shape index (κ1) is 24.7. The summed E-state index contributed by atoms with van der Waals surface area (Å²) in [7, 11) is -1.20. The molecule has 0 saturated carbocycles. The molecule has 4 atom stereocenters. The highest BCUT2D eigenvalue weighted by molar-refractivity contribution is 8.06. The summed E-state index contributed by atoms with van der Waals surface area (Å²) in [5.74, 6) is -0.842. The summed E-state index contributed by atoms with van der Waals surface area (Å²) >= 11 is 0. The van der Waals surface area contributed by atoms with Gasteiger partial charge in [-0.1, -0.05) is 24.3 Å². The highest BCUT2D eigenvalue weighted by atomic mass is 32.2. The summed E-state index contributed by atoms with van der Waals surface area (Å²) < 4.78 is 26.4. The van der Waals surface area contributed by atoms with E-state index in [1.165, 1.54) is 18.2 Å². The lowest BCUT2D eigenvalue weighted by Crippen LogP contribution is -2.57. The van der Waals surface area contributed by atoms with Crippen molar-refractivity contribution in [3.8, 4) is 0 Å². The first-order valence-electron chi connectivity index (χ1n) is 9.33. The second-order valence-electron chi connectivity index (χ2n) is 7.25. The van der Waals surface area contributed by atoms with Crippen LogP contribution in [0, 0.1) is 0 Å². The van der Waals surface area contributed by atoms with Crippen molar-refractivity contribution in [3.63, 3.8) is 0 Å². The van der Waals surface area contributed by atoms with Gasteiger partial charge in [0, 0.05) is 37.5 Å². The number of rotatable bonds is 8. The normalized spacial score (nSPS) is 15.7. The van der Waals surface area contributed by atoms with Gasteiger partial charge >= 0.3 is 0 Å². The van der Waals surface area contributed by atoms with Crippen LogP contribution in [-0.4, -0.2) is 84.9 Å². The maximum absolute atomic E-state index is 13.2. The molecule has 5 N–H and O–H groups in total. The predicted molar refractivity (Wildman–Crippen MR) is 113 cm³/mol. The quantitative estimate of drug-likeness (QED) is 0.329. The summed E-state index contributed by atoms with van der Waals surface area (Å²) in [6.45, 7) is 0.0400. The van der Waals surface area contributed by atoms with Crippen LogP contribution < -0.4 is 10.2 Å². The molecule has 0 aliphatic heterocycles. The van der Waals surface area contributed by atoms with Crippen molar-refractivity contribution in [3.05, 3.63) is 36.4 Å². The maximum Gasteiger partial charge on any atom is 0.276 e. The van der Waals surface area contributed by atoms with Crippen molar-refractivity contribution in [2.75, 3.05) is 25.6 Å². The molecule has 10 nitrogen and oxygen atoms in total. The average molecular weight is 455 g/mol. The number of aliphatic hydroxyl groups is 4. The summed E-state index contributed by atoms with van der Waals surface area (Å²) in [6, 6.07) is 7.23. The van der Waals surface area contributed by atoms with Crippen molar-refractivity contribution in [2.45, 2.75) is 36.2 Å². The number of hydrogen-bond donors (Lipinski definition) is 5. The summed E-state index contributed by atoms with van der Waals surface area (Å²) in [4.78, 5) is 26.0. The molecule has 0 fully saturated rings. The van der Waals surface area contributed by atoms with Gasteiger partial charge in [-0.15, -0.1) is 0 Å². The SMILES string of the molecule is CC(=O)N[C@@H](C(=O)S(=O)(=O)c1cccc2c(N(C)C)cccc12)[C@@H](O)[C@H](O)[C@H](O)CO. The number of carbonyl (C=O) groups excluding carboxylic acids is 2. The number of sulfone groups is 1. The van der Waals surface area contributed by atoms with Crippen LogP contribution in [0.2, 0.25) is 0 Å². The fourth-order valence-electron chi connectivity index (χ4n) is 3.20. The summed E-state index contributed by atoms with van der Waals surface area (Å²) in [6.07, 6.45) is -6.14. The second kappa shape index (κ2) is 9.71. The molecule has 170 valence electrons. The van der Waals surface area contributed by atoms with Gasteiger partial charge in [-0.2, -0.15) is 0 Å². The zero-order chi connectivity index (χ0) is 23.5. The maximum atomic E-state index is 13.2. The molecule has 0 saturated heterocycles. The molecule has 1 amide bonds. The van der Waals surface area contributed by atoms with Gasteiger partial charge < -0.3 is 30.6 Å². The van der Waals surface area contributed by atoms with E-state index in [2.05, 4.69) is 0 Å². The number of nitrogens with one attached hydrogen (secondary N) is 1. The van der Waals surface area contributed by atoms with E-state index in [9.17, 15) is 33.3 Å². The van der Waals surface area contributed by atoms with Crippen LogP contribution in [0.25, 0.3) is 10.8 Å². The number of amides is 1. The minimum absolute atomic E-state index is 0.258. The minimum Gasteiger partial charge on any atom is -0.394 e. The van der Waals surface area contributed by atoms with E-state index in [1.54, 1.807) is 37.2 Å². The second-order valence-corrected chi connectivity index (χ2v) is 9.10. The Morgan fingerprint density at radius 2 is 1.58 bits per heavy atom. The topological polar surface area (TPSA) is 164 Å². The van der Waals surface area contributed by atoms with Crippen LogP contribution in [0.1, 0.15) is 6.92 Å². The predicted octanol–water partition coefficient (Wildman–Crippen LogP) is -1.21. The van der Waals surface area contributed by atoms with E-state index < -0.39 is 51.8 Å². The van der Waals surface area contributed by atoms with Crippen molar-refractivity contribution < 1.29 is 38.4 Å². The zero-order valence-corrected chi connectivity index (χ0v) is 18.1. The van der Waals surface area contributed by atoms with Crippen LogP contribution in [-0.2, 0) is 19.4 Å². The van der Waals surface area contributed by atoms with Crippen molar-refractivity contribution in [2.24, 2.45) is 0 Å². The molecule has 11 heteroatoms. The van der Waals surface area contributed by atoms with E-state index in [0.29, 0.717) is 11.1 Å². The Balaban J connectivity index is 2.60. The van der Waals surface area contributed by atoms with Gasteiger partial charge in [0.2, 0.25) is 15.7 Å². The molecule has 0 bridgehead atoms. The number of aliphatic hydroxyl groups excluding tert-OH is 4. The van der Waals surface area contributed by atoms with Gasteiger partial charge in [0.25, 0.3) is 5.12 Å². The lowest BCUT2D eigenvalue weighted by Gasteiger charge is -2.28. The molecule has 0 radical (unpaired) electrons. The van der Waals surface area contributed by atoms with Crippen molar-refractivity contribution in [1.82, 2.24) is 5.32 Å². The van der Waals surface area contributed by atoms with E-state index in [0.717, 1.165) is 6.92 Å². The lowest BCUT2D eigenvalue weighted by atomic mass is 10.0. The number of carbonyl (C=O) groups is 2. The molecule has 2 aromatic carbocycles. The van der Waals surface area contributed by atoms with Gasteiger partial charge in [-0.3, -0.25) is 9.59 Å². The number of hydrogen-bond acceptors (Lipinski definition) is 9. The Hall–Kier alpha value is -2.57. The molecular weight excluding hydrogens is 428 g/mol. The average Bonchev–Trinajstić information content (AvgIpc) is 2.74. The van der Waals surface area contributed by atoms with Gasteiger partial charge in [-0.05, 0) is 12.1 Å². The molecule has 0 unspecified atom stereocenters. The summed E-state index contributed by atoms with van der Waals surface area (Å²) in [5.41, 5.74) is 0.710. The largest absolute Gasteiger partial charge is 0.394 e. The minimum atomic E-state index is -4.75. The number of nitrogens with zero attached hydrogens (tertiary/aromatic N) is 1. The fraction of sp³-hybridized carbons (Fsp3) is 0.400. The molecule has 0 spiro atoms. The highest BCUT2D eigenvalue weighted by Crippen LogP contribution is 2.31. The Morgan fingerprint density at radius 3 is 2.13 bits per heavy atom. The van der Waals surface area contributed by atoms with Crippen molar-refractivity contribution >= 4 is 37.3 Å². The van der Waals surface area contributed by atoms with Gasteiger partial charge in [0.05, 0.1) is 11.5 Å².